The van der Waals surface area contributed by atoms with E-state index in [2.05, 4.69) is 13.8 Å². The average molecular weight is 225 g/mol. The summed E-state index contributed by atoms with van der Waals surface area (Å²) in [5, 5.41) is 9.02. The highest BCUT2D eigenvalue weighted by atomic mass is 16.4. The minimum absolute atomic E-state index is 0.0369. The van der Waals surface area contributed by atoms with Crippen molar-refractivity contribution in [1.82, 2.24) is 4.90 Å². The highest BCUT2D eigenvalue weighted by Gasteiger charge is 2.54. The Morgan fingerprint density at radius 2 is 1.88 bits per heavy atom. The Morgan fingerprint density at radius 1 is 1.38 bits per heavy atom. The smallest absolute Gasteiger partial charge is 0.326 e. The lowest BCUT2D eigenvalue weighted by molar-refractivity contribution is -0.150. The number of nitrogens with zero attached hydrogens (tertiary/aromatic N) is 1. The minimum atomic E-state index is -0.904. The van der Waals surface area contributed by atoms with E-state index in [4.69, 9.17) is 5.11 Å². The molecule has 0 saturated heterocycles. The van der Waals surface area contributed by atoms with Gasteiger partial charge in [0.2, 0.25) is 5.91 Å². The van der Waals surface area contributed by atoms with Crippen LogP contribution in [0.4, 0.5) is 0 Å². The molecule has 4 nitrogen and oxygen atoms in total. The number of carbonyl (C=O) groups excluding carboxylic acids is 1. The molecule has 2 saturated carbocycles. The van der Waals surface area contributed by atoms with Crippen LogP contribution in [0.3, 0.4) is 0 Å². The van der Waals surface area contributed by atoms with Crippen LogP contribution in [0.25, 0.3) is 0 Å². The van der Waals surface area contributed by atoms with E-state index in [1.807, 2.05) is 0 Å². The van der Waals surface area contributed by atoms with E-state index in [1.54, 1.807) is 11.8 Å². The Bertz CT molecular complexity index is 333. The highest BCUT2D eigenvalue weighted by Crippen LogP contribution is 2.53. The van der Waals surface area contributed by atoms with Crippen molar-refractivity contribution in [3.63, 3.8) is 0 Å². The molecule has 0 heterocycles. The van der Waals surface area contributed by atoms with Crippen molar-refractivity contribution in [2.24, 2.45) is 11.3 Å². The summed E-state index contributed by atoms with van der Waals surface area (Å²) in [5.74, 6) is -0.823. The summed E-state index contributed by atoms with van der Waals surface area (Å²) in [4.78, 5) is 24.8. The molecule has 0 spiro atoms. The van der Waals surface area contributed by atoms with E-state index in [-0.39, 0.29) is 23.3 Å². The lowest BCUT2D eigenvalue weighted by atomic mass is 10.1. The first-order valence-corrected chi connectivity index (χ1v) is 5.89. The molecule has 0 aromatic carbocycles. The predicted octanol–water partition coefficient (Wildman–Crippen LogP) is 1.50. The summed E-state index contributed by atoms with van der Waals surface area (Å²) >= 11 is 0. The first-order valence-electron chi connectivity index (χ1n) is 5.89. The number of aliphatic carboxylic acids is 1. The molecule has 2 aliphatic carbocycles. The Kier molecular flexibility index (Phi) is 2.48. The van der Waals surface area contributed by atoms with Gasteiger partial charge in [0, 0.05) is 12.0 Å². The topological polar surface area (TPSA) is 57.6 Å². The zero-order valence-corrected chi connectivity index (χ0v) is 10.1. The molecule has 1 N–H and O–H groups in total. The van der Waals surface area contributed by atoms with Crippen LogP contribution in [0.2, 0.25) is 0 Å². The maximum absolute atomic E-state index is 12.2. The van der Waals surface area contributed by atoms with Gasteiger partial charge in [-0.3, -0.25) is 4.79 Å². The van der Waals surface area contributed by atoms with Gasteiger partial charge in [0.1, 0.15) is 6.04 Å². The maximum Gasteiger partial charge on any atom is 0.326 e. The van der Waals surface area contributed by atoms with Crippen molar-refractivity contribution in [2.75, 3.05) is 0 Å². The van der Waals surface area contributed by atoms with Crippen molar-refractivity contribution in [1.29, 1.82) is 0 Å². The highest BCUT2D eigenvalue weighted by molar-refractivity contribution is 5.87. The lowest BCUT2D eigenvalue weighted by Crippen LogP contribution is -2.46. The van der Waals surface area contributed by atoms with Crippen molar-refractivity contribution < 1.29 is 14.7 Å². The van der Waals surface area contributed by atoms with Gasteiger partial charge in [0.15, 0.2) is 0 Å². The number of carbonyl (C=O) groups is 2. The number of carboxylic acids is 1. The largest absolute Gasteiger partial charge is 0.480 e. The van der Waals surface area contributed by atoms with Gasteiger partial charge < -0.3 is 10.0 Å². The van der Waals surface area contributed by atoms with Gasteiger partial charge in [-0.2, -0.15) is 0 Å². The third-order valence-corrected chi connectivity index (χ3v) is 3.78. The van der Waals surface area contributed by atoms with Crippen LogP contribution in [-0.2, 0) is 9.59 Å². The van der Waals surface area contributed by atoms with Crippen LogP contribution in [0.15, 0.2) is 0 Å². The first kappa shape index (κ1) is 11.4. The SMILES string of the molecule is CC(C(=O)O)N(C(=O)[C@H]1CC1(C)C)C1CC1. The van der Waals surface area contributed by atoms with Gasteiger partial charge >= 0.3 is 5.97 Å². The van der Waals surface area contributed by atoms with Crippen molar-refractivity contribution in [3.8, 4) is 0 Å². The molecule has 2 atom stereocenters. The molecule has 0 bridgehead atoms. The van der Waals surface area contributed by atoms with E-state index < -0.39 is 12.0 Å². The van der Waals surface area contributed by atoms with Gasteiger partial charge in [-0.05, 0) is 31.6 Å². The third kappa shape index (κ3) is 1.93. The Labute approximate surface area is 95.6 Å². The molecule has 1 unspecified atom stereocenters. The Balaban J connectivity index is 2.08. The molecule has 16 heavy (non-hydrogen) atoms. The fraction of sp³-hybridized carbons (Fsp3) is 0.833. The molecule has 2 aliphatic rings. The molecule has 4 heteroatoms. The quantitative estimate of drug-likeness (QED) is 0.788. The van der Waals surface area contributed by atoms with E-state index in [0.29, 0.717) is 0 Å². The summed E-state index contributed by atoms with van der Waals surface area (Å²) in [7, 11) is 0. The number of hydrogen-bond donors (Lipinski definition) is 1. The van der Waals surface area contributed by atoms with Gasteiger partial charge in [-0.25, -0.2) is 4.79 Å². The fourth-order valence-electron chi connectivity index (χ4n) is 2.23. The summed E-state index contributed by atoms with van der Waals surface area (Å²) in [5.41, 5.74) is 0.0719. The second-order valence-electron chi connectivity index (χ2n) is 5.74. The monoisotopic (exact) mass is 225 g/mol. The molecule has 0 radical (unpaired) electrons. The second kappa shape index (κ2) is 3.47. The van der Waals surface area contributed by atoms with Crippen LogP contribution in [-0.4, -0.2) is 34.0 Å². The number of rotatable bonds is 4. The normalized spacial score (nSPS) is 28.3. The van der Waals surface area contributed by atoms with Gasteiger partial charge in [0.05, 0.1) is 0 Å². The van der Waals surface area contributed by atoms with Crippen LogP contribution < -0.4 is 0 Å². The summed E-state index contributed by atoms with van der Waals surface area (Å²) in [6, 6.07) is -0.508. The molecule has 90 valence electrons. The van der Waals surface area contributed by atoms with Gasteiger partial charge in [0.25, 0.3) is 0 Å². The zero-order valence-electron chi connectivity index (χ0n) is 10.1. The van der Waals surface area contributed by atoms with E-state index in [0.717, 1.165) is 19.3 Å². The third-order valence-electron chi connectivity index (χ3n) is 3.78. The first-order chi connectivity index (χ1) is 7.34. The summed E-state index contributed by atoms with van der Waals surface area (Å²) < 4.78 is 0. The zero-order chi connectivity index (χ0) is 12.1. The Morgan fingerprint density at radius 3 is 2.19 bits per heavy atom. The predicted molar refractivity (Wildman–Crippen MR) is 58.9 cm³/mol. The number of carboxylic acid groups (broad SMARTS) is 1. The maximum atomic E-state index is 12.2. The van der Waals surface area contributed by atoms with E-state index in [1.165, 1.54) is 0 Å². The van der Waals surface area contributed by atoms with Crippen molar-refractivity contribution >= 4 is 11.9 Å². The minimum Gasteiger partial charge on any atom is -0.480 e. The van der Waals surface area contributed by atoms with E-state index >= 15 is 0 Å². The number of hydrogen-bond acceptors (Lipinski definition) is 2. The Hall–Kier alpha value is -1.06. The van der Waals surface area contributed by atoms with Crippen LogP contribution in [0.1, 0.15) is 40.0 Å². The summed E-state index contributed by atoms with van der Waals surface area (Å²) in [6.07, 6.45) is 2.80. The molecule has 0 aromatic heterocycles. The second-order valence-corrected chi connectivity index (χ2v) is 5.74. The van der Waals surface area contributed by atoms with Crippen LogP contribution >= 0.6 is 0 Å². The van der Waals surface area contributed by atoms with Gasteiger partial charge in [-0.1, -0.05) is 13.8 Å². The molecule has 2 rings (SSSR count). The van der Waals surface area contributed by atoms with Crippen molar-refractivity contribution in [2.45, 2.75) is 52.1 Å². The standard InChI is InChI=1S/C12H19NO3/c1-7(11(15)16)13(8-4-5-8)10(14)9-6-12(9,2)3/h7-9H,4-6H2,1-3H3,(H,15,16)/t7?,9-/m1/s1. The van der Waals surface area contributed by atoms with Crippen LogP contribution in [0.5, 0.6) is 0 Å². The average Bonchev–Trinajstić information content (AvgIpc) is 3.04. The van der Waals surface area contributed by atoms with E-state index in [9.17, 15) is 9.59 Å². The molecular weight excluding hydrogens is 206 g/mol. The molecule has 0 aromatic rings. The molecule has 2 fully saturated rings. The molecule has 1 amide bonds. The van der Waals surface area contributed by atoms with Gasteiger partial charge in [-0.15, -0.1) is 0 Å². The number of amides is 1. The summed E-state index contributed by atoms with van der Waals surface area (Å²) in [6.45, 7) is 5.73. The molecular formula is C12H19NO3. The lowest BCUT2D eigenvalue weighted by Gasteiger charge is -2.27. The van der Waals surface area contributed by atoms with Crippen molar-refractivity contribution in [3.05, 3.63) is 0 Å². The fourth-order valence-corrected chi connectivity index (χ4v) is 2.23. The molecule has 0 aliphatic heterocycles. The van der Waals surface area contributed by atoms with Crippen LogP contribution in [0, 0.1) is 11.3 Å².